The predicted octanol–water partition coefficient (Wildman–Crippen LogP) is 3.79. The van der Waals surface area contributed by atoms with Gasteiger partial charge in [-0.05, 0) is 42.1 Å². The van der Waals surface area contributed by atoms with Crippen molar-refractivity contribution < 1.29 is 9.53 Å². The van der Waals surface area contributed by atoms with Gasteiger partial charge in [-0.25, -0.2) is 4.79 Å². The van der Waals surface area contributed by atoms with Crippen LogP contribution in [0.5, 0.6) is 5.75 Å². The van der Waals surface area contributed by atoms with E-state index in [0.29, 0.717) is 10.6 Å². The van der Waals surface area contributed by atoms with Gasteiger partial charge in [0.2, 0.25) is 0 Å². The van der Waals surface area contributed by atoms with Gasteiger partial charge in [0.15, 0.2) is 0 Å². The Kier molecular flexibility index (Phi) is 4.36. The lowest BCUT2D eigenvalue weighted by molar-refractivity contribution is 0.0740. The Morgan fingerprint density at radius 3 is 2.67 bits per heavy atom. The Labute approximate surface area is 110 Å². The molecule has 0 atom stereocenters. The van der Waals surface area contributed by atoms with Crippen LogP contribution in [-0.4, -0.2) is 12.5 Å². The Morgan fingerprint density at radius 2 is 2.06 bits per heavy atom. The molecule has 0 unspecified atom stereocenters. The molecule has 3 nitrogen and oxygen atoms in total. The first-order chi connectivity index (χ1) is 8.79. The SMILES string of the molecule is CCCNc1ccc(OC(=O)c2cccs2)cc1. The van der Waals surface area contributed by atoms with Crippen molar-refractivity contribution in [2.45, 2.75) is 13.3 Å². The number of nitrogens with one attached hydrogen (secondary N) is 1. The number of benzene rings is 1. The third-order valence-corrected chi connectivity index (χ3v) is 3.22. The molecule has 0 aliphatic rings. The van der Waals surface area contributed by atoms with Gasteiger partial charge in [-0.15, -0.1) is 11.3 Å². The fourth-order valence-electron chi connectivity index (χ4n) is 1.46. The van der Waals surface area contributed by atoms with E-state index in [1.54, 1.807) is 18.2 Å². The summed E-state index contributed by atoms with van der Waals surface area (Å²) in [7, 11) is 0. The molecule has 1 heterocycles. The second-order valence-corrected chi connectivity index (χ2v) is 4.77. The van der Waals surface area contributed by atoms with E-state index in [2.05, 4.69) is 12.2 Å². The van der Waals surface area contributed by atoms with Crippen molar-refractivity contribution >= 4 is 23.0 Å². The maximum Gasteiger partial charge on any atom is 0.353 e. The molecule has 0 spiro atoms. The van der Waals surface area contributed by atoms with Gasteiger partial charge < -0.3 is 10.1 Å². The standard InChI is InChI=1S/C14H15NO2S/c1-2-9-15-11-5-7-12(8-6-11)17-14(16)13-4-3-10-18-13/h3-8,10,15H,2,9H2,1H3. The number of rotatable bonds is 5. The van der Waals surface area contributed by atoms with E-state index >= 15 is 0 Å². The van der Waals surface area contributed by atoms with Crippen molar-refractivity contribution in [1.82, 2.24) is 0 Å². The van der Waals surface area contributed by atoms with Crippen LogP contribution in [0.1, 0.15) is 23.0 Å². The zero-order valence-corrected chi connectivity index (χ0v) is 11.0. The van der Waals surface area contributed by atoms with Crippen LogP contribution in [0.3, 0.4) is 0 Å². The number of ether oxygens (including phenoxy) is 1. The lowest BCUT2D eigenvalue weighted by atomic mass is 10.3. The molecule has 18 heavy (non-hydrogen) atoms. The Hall–Kier alpha value is -1.81. The molecule has 0 radical (unpaired) electrons. The summed E-state index contributed by atoms with van der Waals surface area (Å²) < 4.78 is 5.26. The van der Waals surface area contributed by atoms with Gasteiger partial charge in [-0.1, -0.05) is 13.0 Å². The average molecular weight is 261 g/mol. The molecule has 0 aliphatic carbocycles. The molecule has 0 saturated heterocycles. The first kappa shape index (κ1) is 12.6. The van der Waals surface area contributed by atoms with Gasteiger partial charge >= 0.3 is 5.97 Å². The van der Waals surface area contributed by atoms with Crippen LogP contribution in [0.2, 0.25) is 0 Å². The Bertz CT molecular complexity index is 491. The lowest BCUT2D eigenvalue weighted by Gasteiger charge is -2.06. The maximum absolute atomic E-state index is 11.7. The average Bonchev–Trinajstić information content (AvgIpc) is 2.92. The van der Waals surface area contributed by atoms with Crippen LogP contribution < -0.4 is 10.1 Å². The summed E-state index contributed by atoms with van der Waals surface area (Å²) in [6.45, 7) is 3.05. The molecule has 1 aromatic carbocycles. The third-order valence-electron chi connectivity index (χ3n) is 2.37. The summed E-state index contributed by atoms with van der Waals surface area (Å²) in [6.07, 6.45) is 1.08. The molecule has 1 aromatic heterocycles. The Balaban J connectivity index is 1.96. The van der Waals surface area contributed by atoms with Crippen LogP contribution >= 0.6 is 11.3 Å². The minimum absolute atomic E-state index is 0.306. The van der Waals surface area contributed by atoms with Crippen LogP contribution in [0, 0.1) is 0 Å². The molecule has 94 valence electrons. The number of thiophene rings is 1. The van der Waals surface area contributed by atoms with Gasteiger partial charge in [0, 0.05) is 12.2 Å². The van der Waals surface area contributed by atoms with E-state index in [0.717, 1.165) is 18.7 Å². The molecule has 2 aromatic rings. The van der Waals surface area contributed by atoms with E-state index < -0.39 is 0 Å². The van der Waals surface area contributed by atoms with Gasteiger partial charge in [0.1, 0.15) is 10.6 Å². The minimum Gasteiger partial charge on any atom is -0.422 e. The number of esters is 1. The van der Waals surface area contributed by atoms with E-state index in [1.807, 2.05) is 23.6 Å². The molecule has 0 bridgehead atoms. The van der Waals surface area contributed by atoms with Gasteiger partial charge in [-0.3, -0.25) is 0 Å². The van der Waals surface area contributed by atoms with Gasteiger partial charge in [0.25, 0.3) is 0 Å². The van der Waals surface area contributed by atoms with Crippen LogP contribution in [-0.2, 0) is 0 Å². The normalized spacial score (nSPS) is 10.1. The molecule has 2 rings (SSSR count). The number of carbonyl (C=O) groups is 1. The number of hydrogen-bond donors (Lipinski definition) is 1. The molecular weight excluding hydrogens is 246 g/mol. The zero-order valence-electron chi connectivity index (χ0n) is 10.2. The fraction of sp³-hybridized carbons (Fsp3) is 0.214. The largest absolute Gasteiger partial charge is 0.422 e. The molecule has 1 N–H and O–H groups in total. The molecular formula is C14H15NO2S. The van der Waals surface area contributed by atoms with E-state index in [1.165, 1.54) is 11.3 Å². The fourth-order valence-corrected chi connectivity index (χ4v) is 2.06. The highest BCUT2D eigenvalue weighted by Gasteiger charge is 2.08. The number of hydrogen-bond acceptors (Lipinski definition) is 4. The van der Waals surface area contributed by atoms with Crippen molar-refractivity contribution in [2.75, 3.05) is 11.9 Å². The quantitative estimate of drug-likeness (QED) is 0.657. The van der Waals surface area contributed by atoms with Crippen molar-refractivity contribution in [1.29, 1.82) is 0 Å². The molecule has 0 aliphatic heterocycles. The van der Waals surface area contributed by atoms with Crippen LogP contribution in [0.4, 0.5) is 5.69 Å². The lowest BCUT2D eigenvalue weighted by Crippen LogP contribution is -2.06. The van der Waals surface area contributed by atoms with Crippen molar-refractivity contribution in [2.24, 2.45) is 0 Å². The van der Waals surface area contributed by atoms with Crippen molar-refractivity contribution in [3.05, 3.63) is 46.7 Å². The first-order valence-electron chi connectivity index (χ1n) is 5.89. The van der Waals surface area contributed by atoms with E-state index in [-0.39, 0.29) is 5.97 Å². The topological polar surface area (TPSA) is 38.3 Å². The summed E-state index contributed by atoms with van der Waals surface area (Å²) in [4.78, 5) is 12.3. The first-order valence-corrected chi connectivity index (χ1v) is 6.77. The van der Waals surface area contributed by atoms with Crippen LogP contribution in [0.25, 0.3) is 0 Å². The second kappa shape index (κ2) is 6.21. The second-order valence-electron chi connectivity index (χ2n) is 3.82. The van der Waals surface area contributed by atoms with E-state index in [9.17, 15) is 4.79 Å². The highest BCUT2D eigenvalue weighted by Crippen LogP contribution is 2.18. The van der Waals surface area contributed by atoms with Gasteiger partial charge in [0.05, 0.1) is 0 Å². The summed E-state index contributed by atoms with van der Waals surface area (Å²) in [6, 6.07) is 11.0. The number of carbonyl (C=O) groups excluding carboxylic acids is 1. The van der Waals surface area contributed by atoms with Gasteiger partial charge in [-0.2, -0.15) is 0 Å². The molecule has 4 heteroatoms. The summed E-state index contributed by atoms with van der Waals surface area (Å²) in [5, 5.41) is 5.12. The molecule has 0 fully saturated rings. The minimum atomic E-state index is -0.306. The summed E-state index contributed by atoms with van der Waals surface area (Å²) in [5.41, 5.74) is 1.03. The monoisotopic (exact) mass is 261 g/mol. The maximum atomic E-state index is 11.7. The smallest absolute Gasteiger partial charge is 0.353 e. The predicted molar refractivity (Wildman–Crippen MR) is 74.5 cm³/mol. The highest BCUT2D eigenvalue weighted by molar-refractivity contribution is 7.12. The van der Waals surface area contributed by atoms with Crippen LogP contribution in [0.15, 0.2) is 41.8 Å². The van der Waals surface area contributed by atoms with Crippen molar-refractivity contribution in [3.8, 4) is 5.75 Å². The van der Waals surface area contributed by atoms with E-state index in [4.69, 9.17) is 4.74 Å². The summed E-state index contributed by atoms with van der Waals surface area (Å²) >= 11 is 1.38. The third kappa shape index (κ3) is 3.34. The molecule has 0 saturated carbocycles. The Morgan fingerprint density at radius 1 is 1.28 bits per heavy atom. The van der Waals surface area contributed by atoms with Crippen molar-refractivity contribution in [3.63, 3.8) is 0 Å². The molecule has 0 amide bonds. The zero-order chi connectivity index (χ0) is 12.8. The number of anilines is 1. The summed E-state index contributed by atoms with van der Waals surface area (Å²) in [5.74, 6) is 0.259. The highest BCUT2D eigenvalue weighted by atomic mass is 32.1.